The Labute approximate surface area is 154 Å². The number of rotatable bonds is 3. The first-order chi connectivity index (χ1) is 12.7. The molecule has 130 valence electrons. The third-order valence-electron chi connectivity index (χ3n) is 4.28. The minimum absolute atomic E-state index is 0.187. The Morgan fingerprint density at radius 1 is 1.15 bits per heavy atom. The van der Waals surface area contributed by atoms with Crippen molar-refractivity contribution in [1.29, 1.82) is 0 Å². The molecule has 2 unspecified atom stereocenters. The van der Waals surface area contributed by atoms with Gasteiger partial charge in [0.05, 0.1) is 19.8 Å². The van der Waals surface area contributed by atoms with Crippen LogP contribution in [0.25, 0.3) is 0 Å². The van der Waals surface area contributed by atoms with E-state index in [0.29, 0.717) is 6.61 Å². The van der Waals surface area contributed by atoms with Gasteiger partial charge in [-0.15, -0.1) is 0 Å². The third kappa shape index (κ3) is 4.11. The molecule has 0 saturated carbocycles. The average Bonchev–Trinajstić information content (AvgIpc) is 3.11. The fourth-order valence-corrected chi connectivity index (χ4v) is 3.00. The van der Waals surface area contributed by atoms with Crippen LogP contribution in [-0.4, -0.2) is 19.7 Å². The van der Waals surface area contributed by atoms with Crippen LogP contribution >= 0.6 is 0 Å². The number of esters is 1. The molecule has 2 atom stereocenters. The topological polar surface area (TPSA) is 35.5 Å². The van der Waals surface area contributed by atoms with Crippen LogP contribution in [0.1, 0.15) is 17.2 Å². The number of carbonyl (C=O) groups is 1. The van der Waals surface area contributed by atoms with Crippen molar-refractivity contribution in [2.75, 3.05) is 13.7 Å². The first-order valence-corrected chi connectivity index (χ1v) is 8.40. The smallest absolute Gasteiger partial charge is 0.330 e. The summed E-state index contributed by atoms with van der Waals surface area (Å²) in [7, 11) is 1.36. The van der Waals surface area contributed by atoms with Crippen LogP contribution in [-0.2, 0) is 14.3 Å². The lowest BCUT2D eigenvalue weighted by Crippen LogP contribution is -2.12. The first-order valence-electron chi connectivity index (χ1n) is 8.40. The Balaban J connectivity index is 1.93. The minimum atomic E-state index is -0.397. The van der Waals surface area contributed by atoms with Crippen LogP contribution in [0.4, 0.5) is 0 Å². The van der Waals surface area contributed by atoms with E-state index in [1.165, 1.54) is 13.2 Å². The Bertz CT molecular complexity index is 870. The minimum Gasteiger partial charge on any atom is -0.466 e. The largest absolute Gasteiger partial charge is 0.466 e. The van der Waals surface area contributed by atoms with Crippen LogP contribution in [0, 0.1) is 17.8 Å². The van der Waals surface area contributed by atoms with Crippen molar-refractivity contribution in [3.05, 3.63) is 95.6 Å². The highest BCUT2D eigenvalue weighted by molar-refractivity contribution is 5.83. The third-order valence-corrected chi connectivity index (χ3v) is 4.28. The van der Waals surface area contributed by atoms with E-state index in [1.807, 2.05) is 60.7 Å². The molecule has 0 radical (unpaired) electrons. The monoisotopic (exact) mass is 344 g/mol. The van der Waals surface area contributed by atoms with Crippen LogP contribution in [0.3, 0.4) is 0 Å². The van der Waals surface area contributed by atoms with Gasteiger partial charge in [-0.05, 0) is 23.3 Å². The summed E-state index contributed by atoms with van der Waals surface area (Å²) in [5.74, 6) is 5.69. The van der Waals surface area contributed by atoms with Crippen LogP contribution in [0.5, 0.6) is 0 Å². The van der Waals surface area contributed by atoms with Crippen molar-refractivity contribution in [1.82, 2.24) is 0 Å². The Hall–Kier alpha value is -3.09. The van der Waals surface area contributed by atoms with E-state index in [9.17, 15) is 4.79 Å². The van der Waals surface area contributed by atoms with Gasteiger partial charge in [-0.25, -0.2) is 4.79 Å². The Kier molecular flexibility index (Phi) is 5.68. The first kappa shape index (κ1) is 17.7. The summed E-state index contributed by atoms with van der Waals surface area (Å²) in [6.07, 6.45) is 1.27. The second-order valence-electron chi connectivity index (χ2n) is 6.00. The molecule has 1 fully saturated rings. The van der Waals surface area contributed by atoms with E-state index in [-0.39, 0.29) is 12.0 Å². The number of carbonyl (C=O) groups excluding carboxylic acids is 1. The highest BCUT2D eigenvalue weighted by atomic mass is 16.5. The van der Waals surface area contributed by atoms with Gasteiger partial charge in [0.15, 0.2) is 0 Å². The molecule has 3 rings (SSSR count). The molecule has 0 amide bonds. The number of benzene rings is 2. The summed E-state index contributed by atoms with van der Waals surface area (Å²) in [5.41, 5.74) is 3.50. The molecule has 1 saturated heterocycles. The van der Waals surface area contributed by atoms with Gasteiger partial charge in [0, 0.05) is 23.1 Å². The SMILES string of the molecule is C=C(C#Cc1ccccc1)C1/C(=C/C(=O)OC)COC1c1ccccc1. The van der Waals surface area contributed by atoms with Gasteiger partial charge >= 0.3 is 5.97 Å². The number of hydrogen-bond acceptors (Lipinski definition) is 3. The highest BCUT2D eigenvalue weighted by Gasteiger charge is 2.35. The molecule has 0 aliphatic carbocycles. The maximum absolute atomic E-state index is 11.7. The standard InChI is InChI=1S/C23H20O3/c1-17(13-14-18-9-5-3-6-10-18)22-20(15-21(24)25-2)16-26-23(22)19-11-7-4-8-12-19/h3-12,15,22-23H,1,16H2,2H3/b20-15+. The lowest BCUT2D eigenvalue weighted by atomic mass is 9.86. The van der Waals surface area contributed by atoms with Crippen LogP contribution in [0.15, 0.2) is 84.5 Å². The highest BCUT2D eigenvalue weighted by Crippen LogP contribution is 2.41. The molecule has 26 heavy (non-hydrogen) atoms. The van der Waals surface area contributed by atoms with Gasteiger partial charge < -0.3 is 9.47 Å². The molecule has 0 aromatic heterocycles. The molecule has 3 nitrogen and oxygen atoms in total. The molecule has 1 aliphatic rings. The zero-order valence-electron chi connectivity index (χ0n) is 14.6. The van der Waals surface area contributed by atoms with Crippen molar-refractivity contribution >= 4 is 5.97 Å². The molecule has 0 bridgehead atoms. The van der Waals surface area contributed by atoms with E-state index >= 15 is 0 Å². The molecule has 2 aromatic carbocycles. The van der Waals surface area contributed by atoms with E-state index in [4.69, 9.17) is 9.47 Å². The van der Waals surface area contributed by atoms with E-state index in [0.717, 1.165) is 22.3 Å². The molecule has 0 spiro atoms. The second kappa shape index (κ2) is 8.33. The number of hydrogen-bond donors (Lipinski definition) is 0. The normalized spacial score (nSPS) is 20.3. The van der Waals surface area contributed by atoms with Crippen LogP contribution < -0.4 is 0 Å². The summed E-state index contributed by atoms with van der Waals surface area (Å²) < 4.78 is 10.8. The summed E-state index contributed by atoms with van der Waals surface area (Å²) in [4.78, 5) is 11.7. The van der Waals surface area contributed by atoms with Gasteiger partial charge in [-0.3, -0.25) is 0 Å². The summed E-state index contributed by atoms with van der Waals surface area (Å²) in [6.45, 7) is 4.52. The predicted molar refractivity (Wildman–Crippen MR) is 101 cm³/mol. The number of methoxy groups -OCH3 is 1. The van der Waals surface area contributed by atoms with E-state index in [1.54, 1.807) is 0 Å². The van der Waals surface area contributed by atoms with Crippen molar-refractivity contribution in [3.8, 4) is 11.8 Å². The quantitative estimate of drug-likeness (QED) is 0.478. The molecular weight excluding hydrogens is 324 g/mol. The van der Waals surface area contributed by atoms with Gasteiger partial charge in [0.1, 0.15) is 0 Å². The lowest BCUT2D eigenvalue weighted by molar-refractivity contribution is -0.134. The van der Waals surface area contributed by atoms with Gasteiger partial charge in [-0.1, -0.05) is 67.0 Å². The summed E-state index contributed by atoms with van der Waals surface area (Å²) in [5, 5.41) is 0. The summed E-state index contributed by atoms with van der Waals surface area (Å²) in [6, 6.07) is 19.7. The van der Waals surface area contributed by atoms with E-state index in [2.05, 4.69) is 18.4 Å². The molecule has 1 heterocycles. The lowest BCUT2D eigenvalue weighted by Gasteiger charge is -2.19. The fourth-order valence-electron chi connectivity index (χ4n) is 3.00. The Morgan fingerprint density at radius 3 is 2.46 bits per heavy atom. The predicted octanol–water partition coefficient (Wildman–Crippen LogP) is 4.08. The zero-order chi connectivity index (χ0) is 18.4. The second-order valence-corrected chi connectivity index (χ2v) is 6.00. The van der Waals surface area contributed by atoms with Gasteiger partial charge in [-0.2, -0.15) is 0 Å². The van der Waals surface area contributed by atoms with Crippen molar-refractivity contribution in [2.24, 2.45) is 5.92 Å². The molecule has 2 aromatic rings. The Morgan fingerprint density at radius 2 is 1.81 bits per heavy atom. The maximum Gasteiger partial charge on any atom is 0.330 e. The molecule has 0 N–H and O–H groups in total. The zero-order valence-corrected chi connectivity index (χ0v) is 14.6. The number of ether oxygens (including phenoxy) is 2. The average molecular weight is 344 g/mol. The van der Waals surface area contributed by atoms with E-state index < -0.39 is 5.97 Å². The molecular formula is C23H20O3. The molecule has 3 heteroatoms. The van der Waals surface area contributed by atoms with Crippen molar-refractivity contribution in [2.45, 2.75) is 6.10 Å². The maximum atomic E-state index is 11.7. The summed E-state index contributed by atoms with van der Waals surface area (Å²) >= 11 is 0. The van der Waals surface area contributed by atoms with Crippen molar-refractivity contribution in [3.63, 3.8) is 0 Å². The van der Waals surface area contributed by atoms with Gasteiger partial charge in [0.25, 0.3) is 0 Å². The molecule has 1 aliphatic heterocycles. The van der Waals surface area contributed by atoms with Gasteiger partial charge in [0.2, 0.25) is 0 Å². The fraction of sp³-hybridized carbons (Fsp3) is 0.174. The van der Waals surface area contributed by atoms with Crippen molar-refractivity contribution < 1.29 is 14.3 Å². The van der Waals surface area contributed by atoms with Crippen LogP contribution in [0.2, 0.25) is 0 Å².